The van der Waals surface area contributed by atoms with Crippen LogP contribution in [0.2, 0.25) is 0 Å². The summed E-state index contributed by atoms with van der Waals surface area (Å²) in [6.07, 6.45) is 3.14. The zero-order valence-corrected chi connectivity index (χ0v) is 11.8. The smallest absolute Gasteiger partial charge is 0.330 e. The summed E-state index contributed by atoms with van der Waals surface area (Å²) in [5.41, 5.74) is 6.76. The van der Waals surface area contributed by atoms with Crippen molar-refractivity contribution in [2.75, 3.05) is 11.9 Å². The van der Waals surface area contributed by atoms with Gasteiger partial charge in [0.25, 0.3) is 0 Å². The Hall–Kier alpha value is -2.47. The Morgan fingerprint density at radius 1 is 1.43 bits per heavy atom. The first-order valence-electron chi connectivity index (χ1n) is 6.71. The van der Waals surface area contributed by atoms with E-state index in [1.165, 1.54) is 10.8 Å². The highest BCUT2D eigenvalue weighted by Gasteiger charge is 2.10. The molecular weight excluding hydrogens is 268 g/mol. The van der Waals surface area contributed by atoms with Gasteiger partial charge < -0.3 is 11.1 Å². The van der Waals surface area contributed by atoms with E-state index >= 15 is 0 Å². The number of nitrogens with two attached hydrogens (primary N) is 1. The average molecular weight is 286 g/mol. The fraction of sp³-hybridized carbons (Fsp3) is 0.267. The molecule has 0 spiro atoms. The van der Waals surface area contributed by atoms with Gasteiger partial charge in [-0.15, -0.1) is 0 Å². The van der Waals surface area contributed by atoms with Crippen molar-refractivity contribution >= 4 is 11.6 Å². The molecule has 0 bridgehead atoms. The third-order valence-corrected chi connectivity index (χ3v) is 3.13. The molecule has 1 atom stereocenters. The van der Waals surface area contributed by atoms with Crippen LogP contribution in [0.3, 0.4) is 0 Å². The summed E-state index contributed by atoms with van der Waals surface area (Å²) in [5, 5.41) is 2.81. The molecule has 1 amide bonds. The fourth-order valence-corrected chi connectivity index (χ4v) is 1.82. The third kappa shape index (κ3) is 4.00. The van der Waals surface area contributed by atoms with Crippen molar-refractivity contribution < 1.29 is 4.79 Å². The molecule has 1 aromatic heterocycles. The molecule has 2 aromatic rings. The molecule has 0 aliphatic heterocycles. The molecule has 2 rings (SSSR count). The van der Waals surface area contributed by atoms with E-state index in [2.05, 4.69) is 10.3 Å². The van der Waals surface area contributed by atoms with Crippen molar-refractivity contribution in [1.82, 2.24) is 9.55 Å². The van der Waals surface area contributed by atoms with Gasteiger partial charge >= 0.3 is 5.69 Å². The number of amides is 1. The van der Waals surface area contributed by atoms with Crippen molar-refractivity contribution in [3.05, 3.63) is 58.8 Å². The number of nitrogens with one attached hydrogen (secondary N) is 1. The van der Waals surface area contributed by atoms with Gasteiger partial charge in [0.15, 0.2) is 0 Å². The van der Waals surface area contributed by atoms with Crippen LogP contribution in [0.1, 0.15) is 12.5 Å². The Morgan fingerprint density at radius 2 is 2.24 bits per heavy atom. The van der Waals surface area contributed by atoms with Gasteiger partial charge in [0.2, 0.25) is 5.91 Å². The van der Waals surface area contributed by atoms with Gasteiger partial charge in [-0.3, -0.25) is 9.36 Å². The third-order valence-electron chi connectivity index (χ3n) is 3.13. The van der Waals surface area contributed by atoms with E-state index < -0.39 is 0 Å². The normalized spacial score (nSPS) is 11.9. The molecule has 0 saturated carbocycles. The predicted molar refractivity (Wildman–Crippen MR) is 80.9 cm³/mol. The highest BCUT2D eigenvalue weighted by Crippen LogP contribution is 2.12. The highest BCUT2D eigenvalue weighted by molar-refractivity contribution is 5.92. The molecular formula is C15H18N4O2. The number of carbonyl (C=O) groups is 1. The molecule has 1 aromatic carbocycles. The van der Waals surface area contributed by atoms with Gasteiger partial charge in [0, 0.05) is 30.5 Å². The molecule has 3 N–H and O–H groups in total. The second-order valence-electron chi connectivity index (χ2n) is 4.86. The molecule has 110 valence electrons. The molecule has 0 radical (unpaired) electrons. The van der Waals surface area contributed by atoms with Gasteiger partial charge in [-0.05, 0) is 23.8 Å². The molecule has 0 aliphatic rings. The molecule has 0 fully saturated rings. The Morgan fingerprint density at radius 3 is 2.95 bits per heavy atom. The first-order valence-corrected chi connectivity index (χ1v) is 6.71. The van der Waals surface area contributed by atoms with E-state index in [1.807, 2.05) is 18.2 Å². The quantitative estimate of drug-likeness (QED) is 0.851. The van der Waals surface area contributed by atoms with Gasteiger partial charge in [-0.1, -0.05) is 19.1 Å². The largest absolute Gasteiger partial charge is 0.347 e. The maximum atomic E-state index is 11.8. The van der Waals surface area contributed by atoms with E-state index in [0.717, 1.165) is 5.56 Å². The lowest BCUT2D eigenvalue weighted by atomic mass is 10.1. The number of carbonyl (C=O) groups excluding carboxylic acids is 1. The second-order valence-corrected chi connectivity index (χ2v) is 4.86. The summed E-state index contributed by atoms with van der Waals surface area (Å²) in [6, 6.07) is 9.06. The lowest BCUT2D eigenvalue weighted by Crippen LogP contribution is -2.26. The number of rotatable bonds is 5. The van der Waals surface area contributed by atoms with E-state index in [4.69, 9.17) is 5.73 Å². The molecule has 21 heavy (non-hydrogen) atoms. The first-order chi connectivity index (χ1) is 10.1. The maximum Gasteiger partial charge on any atom is 0.347 e. The Labute approximate surface area is 122 Å². The molecule has 1 unspecified atom stereocenters. The van der Waals surface area contributed by atoms with Crippen LogP contribution in [0.5, 0.6) is 0 Å². The van der Waals surface area contributed by atoms with Crippen molar-refractivity contribution in [3.8, 4) is 0 Å². The topological polar surface area (TPSA) is 90.0 Å². The van der Waals surface area contributed by atoms with Crippen LogP contribution in [0.25, 0.3) is 0 Å². The van der Waals surface area contributed by atoms with Crippen LogP contribution >= 0.6 is 0 Å². The molecule has 1 heterocycles. The molecule has 0 saturated heterocycles. The standard InChI is InChI=1S/C15H18N4O2/c1-11(9-16)14(20)18-13-5-2-4-12(8-13)10-19-7-3-6-17-15(19)21/h2-8,11H,9-10,16H2,1H3,(H,18,20). The summed E-state index contributed by atoms with van der Waals surface area (Å²) < 4.78 is 1.50. The summed E-state index contributed by atoms with van der Waals surface area (Å²) in [5.74, 6) is -0.359. The Balaban J connectivity index is 2.13. The van der Waals surface area contributed by atoms with Gasteiger partial charge in [0.05, 0.1) is 6.54 Å². The van der Waals surface area contributed by atoms with Crippen LogP contribution in [-0.2, 0) is 11.3 Å². The van der Waals surface area contributed by atoms with E-state index in [1.54, 1.807) is 25.3 Å². The van der Waals surface area contributed by atoms with Gasteiger partial charge in [0.1, 0.15) is 0 Å². The van der Waals surface area contributed by atoms with Crippen LogP contribution in [0.4, 0.5) is 5.69 Å². The molecule has 6 nitrogen and oxygen atoms in total. The SMILES string of the molecule is CC(CN)C(=O)Nc1cccc(Cn2cccnc2=O)c1. The minimum Gasteiger partial charge on any atom is -0.330 e. The van der Waals surface area contributed by atoms with E-state index in [9.17, 15) is 9.59 Å². The number of benzene rings is 1. The zero-order valence-electron chi connectivity index (χ0n) is 11.8. The molecule has 0 aliphatic carbocycles. The minimum absolute atomic E-state index is 0.117. The zero-order chi connectivity index (χ0) is 15.2. The van der Waals surface area contributed by atoms with Crippen molar-refractivity contribution in [1.29, 1.82) is 0 Å². The summed E-state index contributed by atoms with van der Waals surface area (Å²) in [7, 11) is 0. The van der Waals surface area contributed by atoms with E-state index in [0.29, 0.717) is 18.8 Å². The summed E-state index contributed by atoms with van der Waals surface area (Å²) >= 11 is 0. The first kappa shape index (κ1) is 14.9. The van der Waals surface area contributed by atoms with Gasteiger partial charge in [-0.25, -0.2) is 9.78 Å². The minimum atomic E-state index is -0.302. The number of hydrogen-bond donors (Lipinski definition) is 2. The average Bonchev–Trinajstić information content (AvgIpc) is 2.49. The summed E-state index contributed by atoms with van der Waals surface area (Å²) in [4.78, 5) is 27.1. The highest BCUT2D eigenvalue weighted by atomic mass is 16.2. The second kappa shape index (κ2) is 6.81. The predicted octanol–water partition coefficient (Wildman–Crippen LogP) is 0.825. The van der Waals surface area contributed by atoms with Crippen molar-refractivity contribution in [2.24, 2.45) is 11.7 Å². The van der Waals surface area contributed by atoms with Crippen molar-refractivity contribution in [3.63, 3.8) is 0 Å². The Kier molecular flexibility index (Phi) is 4.84. The maximum absolute atomic E-state index is 11.8. The van der Waals surface area contributed by atoms with Crippen LogP contribution < -0.4 is 16.7 Å². The number of aromatic nitrogens is 2. The molecule has 6 heteroatoms. The Bertz CT molecular complexity index is 681. The lowest BCUT2D eigenvalue weighted by Gasteiger charge is -2.11. The van der Waals surface area contributed by atoms with E-state index in [-0.39, 0.29) is 17.5 Å². The van der Waals surface area contributed by atoms with Crippen LogP contribution in [0.15, 0.2) is 47.5 Å². The monoisotopic (exact) mass is 286 g/mol. The fourth-order valence-electron chi connectivity index (χ4n) is 1.82. The van der Waals surface area contributed by atoms with Gasteiger partial charge in [-0.2, -0.15) is 0 Å². The van der Waals surface area contributed by atoms with Crippen molar-refractivity contribution in [2.45, 2.75) is 13.5 Å². The number of nitrogens with zero attached hydrogens (tertiary/aromatic N) is 2. The lowest BCUT2D eigenvalue weighted by molar-refractivity contribution is -0.119. The van der Waals surface area contributed by atoms with Crippen LogP contribution in [-0.4, -0.2) is 22.0 Å². The summed E-state index contributed by atoms with van der Waals surface area (Å²) in [6.45, 7) is 2.48. The van der Waals surface area contributed by atoms with Crippen LogP contribution in [0, 0.1) is 5.92 Å². The number of hydrogen-bond acceptors (Lipinski definition) is 4. The number of anilines is 1.